The number of nitrogens with zero attached hydrogens (tertiary/aromatic N) is 2. The van der Waals surface area contributed by atoms with E-state index in [2.05, 4.69) is 9.73 Å². The van der Waals surface area contributed by atoms with Crippen molar-refractivity contribution in [2.45, 2.75) is 18.0 Å². The van der Waals surface area contributed by atoms with Crippen molar-refractivity contribution in [3.8, 4) is 5.75 Å². The summed E-state index contributed by atoms with van der Waals surface area (Å²) in [4.78, 5) is 27.2. The molecule has 2 N–H and O–H groups in total. The second-order valence-corrected chi connectivity index (χ2v) is 8.74. The fraction of sp³-hybridized carbons (Fsp3) is 0.167. The smallest absolute Gasteiger partial charge is 0.416 e. The number of nitrogen functional groups attached to an aromatic ring is 1. The molecule has 0 unspecified atom stereocenters. The summed E-state index contributed by atoms with van der Waals surface area (Å²) in [5, 5.41) is -0.188. The molecule has 0 atom stereocenters. The van der Waals surface area contributed by atoms with Gasteiger partial charge < -0.3 is 14.7 Å². The first kappa shape index (κ1) is 23.4. The van der Waals surface area contributed by atoms with Crippen LogP contribution in [-0.2, 0) is 30.6 Å². The van der Waals surface area contributed by atoms with Gasteiger partial charge in [0.15, 0.2) is 0 Å². The third-order valence-electron chi connectivity index (χ3n) is 4.00. The molecule has 170 valence electrons. The predicted molar refractivity (Wildman–Crippen MR) is 110 cm³/mol. The van der Waals surface area contributed by atoms with E-state index in [-0.39, 0.29) is 27.9 Å². The number of amides is 1. The lowest BCUT2D eigenvalue weighted by Gasteiger charge is -2.26. The molecule has 1 aliphatic rings. The van der Waals surface area contributed by atoms with Gasteiger partial charge in [-0.15, -0.1) is 0 Å². The third kappa shape index (κ3) is 4.65. The minimum Gasteiger partial charge on any atom is -0.464 e. The number of fused-ring (bicyclic) bond motifs is 1. The Kier molecular flexibility index (Phi) is 6.11. The molecule has 0 saturated heterocycles. The van der Waals surface area contributed by atoms with Gasteiger partial charge in [0.1, 0.15) is 16.3 Å². The van der Waals surface area contributed by atoms with Crippen LogP contribution in [0.5, 0.6) is 5.75 Å². The second-order valence-electron chi connectivity index (χ2n) is 6.26. The van der Waals surface area contributed by atoms with Crippen LogP contribution in [0.25, 0.3) is 0 Å². The first-order valence-electron chi connectivity index (χ1n) is 8.54. The molecule has 3 rings (SSSR count). The van der Waals surface area contributed by atoms with E-state index in [1.807, 2.05) is 0 Å². The molecule has 0 aromatic heterocycles. The normalized spacial score (nSPS) is 13.8. The summed E-state index contributed by atoms with van der Waals surface area (Å²) in [5.41, 5.74) is 4.61. The molecule has 2 aromatic carbocycles. The number of halogens is 3. The van der Waals surface area contributed by atoms with Crippen molar-refractivity contribution in [2.75, 3.05) is 17.1 Å². The third-order valence-corrected chi connectivity index (χ3v) is 6.32. The molecule has 9 nitrogen and oxygen atoms in total. The standard InChI is InChI=1S/C18H14F3N3O6S2/c1-9(25)24-14-8-11(7-13(22)15(14)23-16(31-24)17(26)29-2)30-32(27,28)12-5-3-4-10(6-12)18(19,20)21/h3-8H,22H2,1-2H3. The molecule has 0 bridgehead atoms. The number of hydrogen-bond donors (Lipinski definition) is 1. The van der Waals surface area contributed by atoms with Gasteiger partial charge in [-0.2, -0.15) is 21.6 Å². The van der Waals surface area contributed by atoms with Gasteiger partial charge in [0.25, 0.3) is 0 Å². The highest BCUT2D eigenvalue weighted by atomic mass is 32.2. The molecule has 14 heteroatoms. The monoisotopic (exact) mass is 489 g/mol. The van der Waals surface area contributed by atoms with E-state index < -0.39 is 38.6 Å². The highest BCUT2D eigenvalue weighted by molar-refractivity contribution is 8.17. The van der Waals surface area contributed by atoms with Gasteiger partial charge >= 0.3 is 22.3 Å². The number of benzene rings is 2. The zero-order valence-electron chi connectivity index (χ0n) is 16.3. The first-order valence-corrected chi connectivity index (χ1v) is 10.7. The molecule has 0 saturated carbocycles. The van der Waals surface area contributed by atoms with Crippen LogP contribution in [0, 0.1) is 0 Å². The van der Waals surface area contributed by atoms with Crippen LogP contribution in [0.1, 0.15) is 12.5 Å². The van der Waals surface area contributed by atoms with Crippen LogP contribution in [0.3, 0.4) is 0 Å². The quantitative estimate of drug-likeness (QED) is 0.300. The molecular formula is C18H14F3N3O6S2. The zero-order chi connectivity index (χ0) is 23.8. The summed E-state index contributed by atoms with van der Waals surface area (Å²) in [5.74, 6) is -1.74. The van der Waals surface area contributed by atoms with Crippen molar-refractivity contribution in [1.29, 1.82) is 0 Å². The van der Waals surface area contributed by atoms with Crippen LogP contribution < -0.4 is 14.2 Å². The number of rotatable bonds is 4. The average molecular weight is 489 g/mol. The molecule has 1 aliphatic heterocycles. The molecule has 0 radical (unpaired) electrons. The number of anilines is 2. The predicted octanol–water partition coefficient (Wildman–Crippen LogP) is 3.27. The number of hydrogen-bond acceptors (Lipinski definition) is 9. The number of carbonyl (C=O) groups excluding carboxylic acids is 2. The van der Waals surface area contributed by atoms with Crippen molar-refractivity contribution in [1.82, 2.24) is 0 Å². The molecule has 2 aromatic rings. The Morgan fingerprint density at radius 2 is 1.88 bits per heavy atom. The number of nitrogens with two attached hydrogens (primary N) is 1. The van der Waals surface area contributed by atoms with Gasteiger partial charge in [0.2, 0.25) is 11.0 Å². The van der Waals surface area contributed by atoms with Crippen LogP contribution in [-0.4, -0.2) is 32.4 Å². The van der Waals surface area contributed by atoms with E-state index in [1.54, 1.807) is 0 Å². The van der Waals surface area contributed by atoms with Crippen molar-refractivity contribution in [3.05, 3.63) is 42.0 Å². The lowest BCUT2D eigenvalue weighted by molar-refractivity contribution is -0.137. The SMILES string of the molecule is COC(=O)C1=Nc2c(N)cc(OS(=O)(=O)c3cccc(C(F)(F)F)c3)cc2N(C(C)=O)S1. The fourth-order valence-corrected chi connectivity index (χ4v) is 4.39. The molecule has 1 heterocycles. The van der Waals surface area contributed by atoms with Gasteiger partial charge in [-0.1, -0.05) is 6.07 Å². The van der Waals surface area contributed by atoms with E-state index in [1.165, 1.54) is 6.92 Å². The van der Waals surface area contributed by atoms with Crippen LogP contribution >= 0.6 is 11.9 Å². The van der Waals surface area contributed by atoms with Crippen LogP contribution in [0.4, 0.5) is 30.2 Å². The van der Waals surface area contributed by atoms with E-state index in [4.69, 9.17) is 9.92 Å². The molecule has 0 fully saturated rings. The zero-order valence-corrected chi connectivity index (χ0v) is 18.0. The molecule has 0 spiro atoms. The first-order chi connectivity index (χ1) is 14.8. The van der Waals surface area contributed by atoms with Gasteiger partial charge in [0.05, 0.1) is 24.0 Å². The number of carbonyl (C=O) groups is 2. The highest BCUT2D eigenvalue weighted by Crippen LogP contribution is 2.45. The number of esters is 1. The number of methoxy groups -OCH3 is 1. The topological polar surface area (TPSA) is 128 Å². The maximum Gasteiger partial charge on any atom is 0.416 e. The summed E-state index contributed by atoms with van der Waals surface area (Å²) in [6, 6.07) is 5.18. The number of aliphatic imine (C=N–C) groups is 1. The van der Waals surface area contributed by atoms with E-state index in [0.717, 1.165) is 41.7 Å². The molecule has 32 heavy (non-hydrogen) atoms. The Labute approximate surface area is 184 Å². The van der Waals surface area contributed by atoms with E-state index in [9.17, 15) is 31.2 Å². The molecular weight excluding hydrogens is 475 g/mol. The average Bonchev–Trinajstić information content (AvgIpc) is 2.71. The Morgan fingerprint density at radius 1 is 1.19 bits per heavy atom. The van der Waals surface area contributed by atoms with Gasteiger partial charge in [-0.05, 0) is 18.2 Å². The Balaban J connectivity index is 2.04. The van der Waals surface area contributed by atoms with Gasteiger partial charge in [-0.25, -0.2) is 14.1 Å². The molecule has 1 amide bonds. The van der Waals surface area contributed by atoms with Crippen molar-refractivity contribution in [2.24, 2.45) is 4.99 Å². The maximum absolute atomic E-state index is 12.9. The Morgan fingerprint density at radius 3 is 2.47 bits per heavy atom. The Hall–Kier alpha value is -3.26. The van der Waals surface area contributed by atoms with Crippen molar-refractivity contribution in [3.63, 3.8) is 0 Å². The van der Waals surface area contributed by atoms with Crippen LogP contribution in [0.2, 0.25) is 0 Å². The lowest BCUT2D eigenvalue weighted by atomic mass is 10.2. The fourth-order valence-electron chi connectivity index (χ4n) is 2.60. The summed E-state index contributed by atoms with van der Waals surface area (Å²) in [6.07, 6.45) is -4.75. The Bertz CT molecular complexity index is 1250. The summed E-state index contributed by atoms with van der Waals surface area (Å²) in [6.45, 7) is 1.18. The number of ether oxygens (including phenoxy) is 1. The second kappa shape index (κ2) is 8.35. The van der Waals surface area contributed by atoms with Gasteiger partial charge in [-0.3, -0.25) is 4.79 Å². The number of alkyl halides is 3. The van der Waals surface area contributed by atoms with E-state index >= 15 is 0 Å². The van der Waals surface area contributed by atoms with Crippen LogP contribution in [0.15, 0.2) is 46.3 Å². The summed E-state index contributed by atoms with van der Waals surface area (Å²) < 4.78 is 74.4. The van der Waals surface area contributed by atoms with E-state index in [0.29, 0.717) is 18.0 Å². The minimum atomic E-state index is -4.75. The lowest BCUT2D eigenvalue weighted by Crippen LogP contribution is -2.29. The summed E-state index contributed by atoms with van der Waals surface area (Å²) in [7, 11) is -3.56. The maximum atomic E-state index is 12.9. The minimum absolute atomic E-state index is 0.0110. The highest BCUT2D eigenvalue weighted by Gasteiger charge is 2.33. The summed E-state index contributed by atoms with van der Waals surface area (Å²) >= 11 is 0.625. The largest absolute Gasteiger partial charge is 0.464 e. The van der Waals surface area contributed by atoms with Gasteiger partial charge in [0, 0.05) is 31.0 Å². The van der Waals surface area contributed by atoms with Crippen molar-refractivity contribution >= 4 is 56.0 Å². The molecule has 0 aliphatic carbocycles. The van der Waals surface area contributed by atoms with Crippen molar-refractivity contribution < 1.29 is 40.1 Å².